The minimum Gasteiger partial charge on any atom is -0.370 e. The van der Waals surface area contributed by atoms with Crippen LogP contribution in [-0.4, -0.2) is 28.8 Å². The number of nitrogens with one attached hydrogen (secondary N) is 1. The molecule has 0 amide bonds. The van der Waals surface area contributed by atoms with E-state index in [-0.39, 0.29) is 24.0 Å². The number of guanidine groups is 1. The van der Waals surface area contributed by atoms with E-state index in [1.807, 2.05) is 11.6 Å². The summed E-state index contributed by atoms with van der Waals surface area (Å²) >= 11 is 0. The lowest BCUT2D eigenvalue weighted by Crippen LogP contribution is -2.32. The van der Waals surface area contributed by atoms with Crippen LogP contribution in [0.2, 0.25) is 0 Å². The van der Waals surface area contributed by atoms with Crippen molar-refractivity contribution in [3.8, 4) is 0 Å². The normalized spacial score (nSPS) is 11.3. The van der Waals surface area contributed by atoms with Crippen LogP contribution in [0.3, 0.4) is 0 Å². The van der Waals surface area contributed by atoms with Crippen molar-refractivity contribution in [2.75, 3.05) is 13.1 Å². The van der Waals surface area contributed by atoms with Crippen molar-refractivity contribution in [3.05, 3.63) is 17.5 Å². The van der Waals surface area contributed by atoms with Crippen LogP contribution in [0, 0.1) is 13.8 Å². The molecule has 0 atom stereocenters. The average Bonchev–Trinajstić information content (AvgIpc) is 2.80. The molecule has 0 saturated carbocycles. The Kier molecular flexibility index (Phi) is 13.2. The molecule has 0 aliphatic carbocycles. The molecule has 0 aromatic carbocycles. The summed E-state index contributed by atoms with van der Waals surface area (Å²) in [6, 6.07) is 2.10. The van der Waals surface area contributed by atoms with Gasteiger partial charge in [0.15, 0.2) is 5.96 Å². The maximum Gasteiger partial charge on any atom is 0.188 e. The second-order valence-corrected chi connectivity index (χ2v) is 5.97. The number of aliphatic imine (C=N–C) groups is 1. The van der Waals surface area contributed by atoms with Gasteiger partial charge in [-0.15, -0.1) is 24.0 Å². The maximum atomic E-state index is 5.87. The highest BCUT2D eigenvalue weighted by Crippen LogP contribution is 2.04. The van der Waals surface area contributed by atoms with E-state index < -0.39 is 0 Å². The topological polar surface area (TPSA) is 68.2 Å². The molecule has 5 nitrogen and oxygen atoms in total. The Morgan fingerprint density at radius 1 is 1.17 bits per heavy atom. The molecule has 0 aliphatic heterocycles. The minimum absolute atomic E-state index is 0. The molecule has 1 rings (SSSR count). The van der Waals surface area contributed by atoms with E-state index in [0.29, 0.717) is 5.96 Å². The third-order valence-corrected chi connectivity index (χ3v) is 3.75. The first-order chi connectivity index (χ1) is 10.6. The molecular formula is C17H34IN5. The number of hydrogen-bond donors (Lipinski definition) is 2. The standard InChI is InChI=1S/C17H33N5.HI/c1-4-5-6-7-8-9-11-19-17(18)20-12-10-13-22-16(3)14-15(2)21-22;/h14H,4-13H2,1-3H3,(H3,18,19,20);1H. The van der Waals surface area contributed by atoms with E-state index in [0.717, 1.165) is 31.7 Å². The van der Waals surface area contributed by atoms with Crippen LogP contribution in [0.25, 0.3) is 0 Å². The third-order valence-electron chi connectivity index (χ3n) is 3.75. The van der Waals surface area contributed by atoms with Gasteiger partial charge in [0.05, 0.1) is 5.69 Å². The summed E-state index contributed by atoms with van der Waals surface area (Å²) < 4.78 is 2.03. The van der Waals surface area contributed by atoms with Gasteiger partial charge in [-0.05, 0) is 32.8 Å². The molecule has 0 aliphatic rings. The number of aryl methyl sites for hydroxylation is 3. The Labute approximate surface area is 158 Å². The Bertz CT molecular complexity index is 442. The van der Waals surface area contributed by atoms with Gasteiger partial charge in [0.2, 0.25) is 0 Å². The number of rotatable bonds is 11. The molecule has 3 N–H and O–H groups in total. The van der Waals surface area contributed by atoms with Crippen LogP contribution in [-0.2, 0) is 6.54 Å². The van der Waals surface area contributed by atoms with Crippen molar-refractivity contribution in [1.29, 1.82) is 0 Å². The highest BCUT2D eigenvalue weighted by atomic mass is 127. The fourth-order valence-electron chi connectivity index (χ4n) is 2.50. The van der Waals surface area contributed by atoms with Crippen molar-refractivity contribution in [1.82, 2.24) is 15.1 Å². The average molecular weight is 435 g/mol. The number of nitrogens with two attached hydrogens (primary N) is 1. The van der Waals surface area contributed by atoms with Gasteiger partial charge in [-0.2, -0.15) is 5.10 Å². The van der Waals surface area contributed by atoms with Gasteiger partial charge in [0.25, 0.3) is 0 Å². The third kappa shape index (κ3) is 10.6. The molecule has 0 fully saturated rings. The molecule has 0 spiro atoms. The van der Waals surface area contributed by atoms with E-state index >= 15 is 0 Å². The van der Waals surface area contributed by atoms with E-state index in [1.54, 1.807) is 0 Å². The SMILES string of the molecule is CCCCCCCCNC(N)=NCCCn1nc(C)cc1C.I. The minimum atomic E-state index is 0. The lowest BCUT2D eigenvalue weighted by molar-refractivity contribution is 0.567. The van der Waals surface area contributed by atoms with Crippen molar-refractivity contribution < 1.29 is 0 Å². The fraction of sp³-hybridized carbons (Fsp3) is 0.765. The first-order valence-electron chi connectivity index (χ1n) is 8.68. The summed E-state index contributed by atoms with van der Waals surface area (Å²) in [6.45, 7) is 8.92. The van der Waals surface area contributed by atoms with Crippen LogP contribution in [0.5, 0.6) is 0 Å². The van der Waals surface area contributed by atoms with E-state index in [4.69, 9.17) is 5.73 Å². The van der Waals surface area contributed by atoms with Gasteiger partial charge in [0, 0.05) is 25.3 Å². The second-order valence-electron chi connectivity index (χ2n) is 5.97. The van der Waals surface area contributed by atoms with Crippen LogP contribution in [0.1, 0.15) is 63.3 Å². The summed E-state index contributed by atoms with van der Waals surface area (Å²) in [5.74, 6) is 0.571. The number of aromatic nitrogens is 2. The highest BCUT2D eigenvalue weighted by molar-refractivity contribution is 14.0. The summed E-state index contributed by atoms with van der Waals surface area (Å²) in [7, 11) is 0. The summed E-state index contributed by atoms with van der Waals surface area (Å²) in [6.07, 6.45) is 8.74. The molecule has 0 bridgehead atoms. The molecule has 134 valence electrons. The predicted octanol–water partition coefficient (Wildman–Crippen LogP) is 3.77. The van der Waals surface area contributed by atoms with Crippen LogP contribution >= 0.6 is 24.0 Å². The van der Waals surface area contributed by atoms with E-state index in [9.17, 15) is 0 Å². The molecule has 0 unspecified atom stereocenters. The van der Waals surface area contributed by atoms with E-state index in [2.05, 4.69) is 35.3 Å². The second kappa shape index (κ2) is 13.6. The predicted molar refractivity (Wildman–Crippen MR) is 110 cm³/mol. The van der Waals surface area contributed by atoms with Gasteiger partial charge >= 0.3 is 0 Å². The molecular weight excluding hydrogens is 401 g/mol. The van der Waals surface area contributed by atoms with Crippen LogP contribution in [0.15, 0.2) is 11.1 Å². The number of nitrogens with zero attached hydrogens (tertiary/aromatic N) is 3. The smallest absolute Gasteiger partial charge is 0.188 e. The summed E-state index contributed by atoms with van der Waals surface area (Å²) in [4.78, 5) is 4.37. The van der Waals surface area contributed by atoms with Crippen LogP contribution in [0.4, 0.5) is 0 Å². The summed E-state index contributed by atoms with van der Waals surface area (Å²) in [5.41, 5.74) is 8.14. The van der Waals surface area contributed by atoms with Gasteiger partial charge < -0.3 is 11.1 Å². The highest BCUT2D eigenvalue weighted by Gasteiger charge is 1.99. The quantitative estimate of drug-likeness (QED) is 0.241. The Morgan fingerprint density at radius 3 is 2.52 bits per heavy atom. The fourth-order valence-corrected chi connectivity index (χ4v) is 2.50. The van der Waals surface area contributed by atoms with Crippen molar-refractivity contribution in [2.24, 2.45) is 10.7 Å². The monoisotopic (exact) mass is 435 g/mol. The van der Waals surface area contributed by atoms with Gasteiger partial charge in [-0.1, -0.05) is 39.0 Å². The number of halogens is 1. The largest absolute Gasteiger partial charge is 0.370 e. The molecule has 23 heavy (non-hydrogen) atoms. The zero-order valence-corrected chi connectivity index (χ0v) is 17.3. The van der Waals surface area contributed by atoms with Crippen molar-refractivity contribution >= 4 is 29.9 Å². The van der Waals surface area contributed by atoms with Crippen LogP contribution < -0.4 is 11.1 Å². The molecule has 1 heterocycles. The molecule has 1 aromatic heterocycles. The molecule has 0 radical (unpaired) electrons. The lowest BCUT2D eigenvalue weighted by atomic mass is 10.1. The van der Waals surface area contributed by atoms with Gasteiger partial charge in [-0.25, -0.2) is 0 Å². The Hall–Kier alpha value is -0.790. The van der Waals surface area contributed by atoms with E-state index in [1.165, 1.54) is 44.2 Å². The first kappa shape index (κ1) is 22.2. The van der Waals surface area contributed by atoms with Crippen molar-refractivity contribution in [3.63, 3.8) is 0 Å². The molecule has 0 saturated heterocycles. The zero-order valence-electron chi connectivity index (χ0n) is 15.0. The lowest BCUT2D eigenvalue weighted by Gasteiger charge is -2.06. The Balaban J connectivity index is 0.00000484. The molecule has 6 heteroatoms. The van der Waals surface area contributed by atoms with Gasteiger partial charge in [0.1, 0.15) is 0 Å². The van der Waals surface area contributed by atoms with Gasteiger partial charge in [-0.3, -0.25) is 9.67 Å². The number of hydrogen-bond acceptors (Lipinski definition) is 2. The summed E-state index contributed by atoms with van der Waals surface area (Å²) in [5, 5.41) is 7.63. The number of unbranched alkanes of at least 4 members (excludes halogenated alkanes) is 5. The first-order valence-corrected chi connectivity index (χ1v) is 8.68. The molecule has 1 aromatic rings. The van der Waals surface area contributed by atoms with Crippen molar-refractivity contribution in [2.45, 2.75) is 72.3 Å². The Morgan fingerprint density at radius 2 is 1.87 bits per heavy atom. The zero-order chi connectivity index (χ0) is 16.2. The maximum absolute atomic E-state index is 5.87.